The topological polar surface area (TPSA) is 65.9 Å². The lowest BCUT2D eigenvalue weighted by atomic mass is 10.1. The third kappa shape index (κ3) is 11.5. The maximum atomic E-state index is 10.9. The summed E-state index contributed by atoms with van der Waals surface area (Å²) in [5.74, 6) is -0.0486. The number of hydrogen-bond donors (Lipinski definition) is 1. The standard InChI is InChI=1S/C26H37N3O2.BrH/c1-2-3-4-5-6-7-8-9-10-11-12-13-18-29-19-16-24(17-20-29)27-28-25-14-15-26(31)23(21-25)22-30;/h14-17,19-22H,2-13,18H2,1H3;1H. The minimum atomic E-state index is -0.0486. The van der Waals surface area contributed by atoms with Crippen LogP contribution in [0.3, 0.4) is 0 Å². The molecule has 0 aliphatic carbocycles. The minimum Gasteiger partial charge on any atom is -1.00 e. The zero-order chi connectivity index (χ0) is 22.2. The second-order valence-electron chi connectivity index (χ2n) is 8.24. The number of unbranched alkanes of at least 4 members (excludes halogenated alkanes) is 11. The molecule has 5 nitrogen and oxygen atoms in total. The highest BCUT2D eigenvalue weighted by Crippen LogP contribution is 2.23. The Balaban J connectivity index is 0.00000512. The van der Waals surface area contributed by atoms with Crippen LogP contribution in [0.2, 0.25) is 0 Å². The average molecular weight is 505 g/mol. The summed E-state index contributed by atoms with van der Waals surface area (Å²) in [6, 6.07) is 8.47. The number of benzene rings is 1. The Morgan fingerprint density at radius 3 is 1.88 bits per heavy atom. The van der Waals surface area contributed by atoms with Gasteiger partial charge in [-0.25, -0.2) is 4.57 Å². The highest BCUT2D eigenvalue weighted by Gasteiger charge is 2.03. The molecule has 0 saturated heterocycles. The van der Waals surface area contributed by atoms with Crippen molar-refractivity contribution in [2.24, 2.45) is 10.2 Å². The van der Waals surface area contributed by atoms with Gasteiger partial charge in [0.15, 0.2) is 18.7 Å². The van der Waals surface area contributed by atoms with Crippen molar-refractivity contribution in [3.05, 3.63) is 48.3 Å². The molecule has 0 amide bonds. The fraction of sp³-hybridized carbons (Fsp3) is 0.538. The van der Waals surface area contributed by atoms with Crippen molar-refractivity contribution in [2.45, 2.75) is 90.5 Å². The number of carbonyl (C=O) groups excluding carboxylic acids is 1. The third-order valence-electron chi connectivity index (χ3n) is 5.56. The molecule has 0 aliphatic heterocycles. The van der Waals surface area contributed by atoms with E-state index in [0.717, 1.165) is 12.2 Å². The van der Waals surface area contributed by atoms with Crippen LogP contribution in [0.1, 0.15) is 94.3 Å². The SMILES string of the molecule is CCCCCCCCCCCCCC[n+]1ccc(N=Nc2ccc(O)c(C=O)c2)cc1.[Br-]. The summed E-state index contributed by atoms with van der Waals surface area (Å²) >= 11 is 0. The number of rotatable bonds is 16. The molecular formula is C26H38BrN3O2. The lowest BCUT2D eigenvalue weighted by molar-refractivity contribution is -0.697. The van der Waals surface area contributed by atoms with Crippen molar-refractivity contribution < 1.29 is 31.4 Å². The molecule has 176 valence electrons. The first-order valence-electron chi connectivity index (χ1n) is 11.9. The van der Waals surface area contributed by atoms with Crippen LogP contribution in [0.4, 0.5) is 11.4 Å². The van der Waals surface area contributed by atoms with E-state index in [9.17, 15) is 9.90 Å². The quantitative estimate of drug-likeness (QED) is 0.157. The predicted molar refractivity (Wildman–Crippen MR) is 125 cm³/mol. The van der Waals surface area contributed by atoms with E-state index in [2.05, 4.69) is 21.7 Å². The molecule has 0 bridgehead atoms. The van der Waals surface area contributed by atoms with Gasteiger partial charge in [0.1, 0.15) is 12.3 Å². The Morgan fingerprint density at radius 1 is 0.781 bits per heavy atom. The van der Waals surface area contributed by atoms with E-state index >= 15 is 0 Å². The number of pyridine rings is 1. The summed E-state index contributed by atoms with van der Waals surface area (Å²) in [7, 11) is 0. The lowest BCUT2D eigenvalue weighted by Gasteiger charge is -2.02. The summed E-state index contributed by atoms with van der Waals surface area (Å²) in [5, 5.41) is 17.9. The van der Waals surface area contributed by atoms with E-state index in [-0.39, 0.29) is 28.3 Å². The lowest BCUT2D eigenvalue weighted by Crippen LogP contribution is -3.00. The fourth-order valence-electron chi connectivity index (χ4n) is 3.61. The third-order valence-corrected chi connectivity index (χ3v) is 5.56. The van der Waals surface area contributed by atoms with Crippen LogP contribution in [-0.4, -0.2) is 11.4 Å². The summed E-state index contributed by atoms with van der Waals surface area (Å²) in [4.78, 5) is 10.9. The van der Waals surface area contributed by atoms with Gasteiger partial charge in [0, 0.05) is 18.6 Å². The molecule has 1 heterocycles. The predicted octanol–water partition coefficient (Wildman–Crippen LogP) is 4.61. The molecule has 0 unspecified atom stereocenters. The highest BCUT2D eigenvalue weighted by molar-refractivity contribution is 5.80. The Hall–Kier alpha value is -2.08. The molecule has 0 atom stereocenters. The number of aldehydes is 1. The summed E-state index contributed by atoms with van der Waals surface area (Å²) in [6.07, 6.45) is 21.0. The number of aryl methyl sites for hydroxylation is 1. The second kappa shape index (κ2) is 17.5. The fourth-order valence-corrected chi connectivity index (χ4v) is 3.61. The van der Waals surface area contributed by atoms with Crippen LogP contribution in [0, 0.1) is 0 Å². The molecule has 0 saturated carbocycles. The van der Waals surface area contributed by atoms with E-state index in [0.29, 0.717) is 12.0 Å². The largest absolute Gasteiger partial charge is 1.00 e. The number of aromatic nitrogens is 1. The van der Waals surface area contributed by atoms with Gasteiger partial charge in [-0.2, -0.15) is 10.2 Å². The van der Waals surface area contributed by atoms with Crippen LogP contribution in [0.15, 0.2) is 53.0 Å². The van der Waals surface area contributed by atoms with E-state index in [1.807, 2.05) is 24.5 Å². The Morgan fingerprint density at radius 2 is 1.31 bits per heavy atom. The Kier molecular flexibility index (Phi) is 15.3. The van der Waals surface area contributed by atoms with Crippen LogP contribution in [0.5, 0.6) is 5.75 Å². The molecular weight excluding hydrogens is 466 g/mol. The van der Waals surface area contributed by atoms with Gasteiger partial charge < -0.3 is 22.1 Å². The van der Waals surface area contributed by atoms with Crippen molar-refractivity contribution in [3.63, 3.8) is 0 Å². The number of carbonyl (C=O) groups is 1. The maximum Gasteiger partial charge on any atom is 0.171 e. The number of nitrogens with zero attached hydrogens (tertiary/aromatic N) is 3. The molecule has 0 fully saturated rings. The van der Waals surface area contributed by atoms with Crippen LogP contribution < -0.4 is 21.5 Å². The molecule has 2 rings (SSSR count). The first-order chi connectivity index (χ1) is 15.2. The molecule has 1 aromatic heterocycles. The van der Waals surface area contributed by atoms with E-state index in [4.69, 9.17) is 0 Å². The minimum absolute atomic E-state index is 0. The van der Waals surface area contributed by atoms with Crippen LogP contribution >= 0.6 is 0 Å². The van der Waals surface area contributed by atoms with Crippen molar-refractivity contribution >= 4 is 17.7 Å². The smallest absolute Gasteiger partial charge is 0.171 e. The van der Waals surface area contributed by atoms with E-state index in [1.165, 1.54) is 89.2 Å². The van der Waals surface area contributed by atoms with Crippen LogP contribution in [0.25, 0.3) is 0 Å². The van der Waals surface area contributed by atoms with Crippen molar-refractivity contribution in [1.29, 1.82) is 0 Å². The van der Waals surface area contributed by atoms with Gasteiger partial charge in [-0.3, -0.25) is 4.79 Å². The zero-order valence-corrected chi connectivity index (χ0v) is 21.0. The first-order valence-corrected chi connectivity index (χ1v) is 11.9. The first kappa shape index (κ1) is 28.0. The summed E-state index contributed by atoms with van der Waals surface area (Å²) in [5.41, 5.74) is 1.50. The van der Waals surface area contributed by atoms with Crippen molar-refractivity contribution in [1.82, 2.24) is 0 Å². The Labute approximate surface area is 203 Å². The maximum absolute atomic E-state index is 10.9. The van der Waals surface area contributed by atoms with E-state index in [1.54, 1.807) is 6.07 Å². The molecule has 0 aliphatic rings. The number of hydrogen-bond acceptors (Lipinski definition) is 4. The molecule has 1 N–H and O–H groups in total. The monoisotopic (exact) mass is 503 g/mol. The second-order valence-corrected chi connectivity index (χ2v) is 8.24. The zero-order valence-electron chi connectivity index (χ0n) is 19.4. The number of azo groups is 1. The highest BCUT2D eigenvalue weighted by atomic mass is 79.9. The molecule has 2 aromatic rings. The Bertz CT molecular complexity index is 794. The molecule has 1 aromatic carbocycles. The van der Waals surface area contributed by atoms with E-state index < -0.39 is 0 Å². The van der Waals surface area contributed by atoms with Gasteiger partial charge in [-0.15, -0.1) is 0 Å². The normalized spacial score (nSPS) is 10.9. The summed E-state index contributed by atoms with van der Waals surface area (Å²) < 4.78 is 2.18. The number of halogens is 1. The van der Waals surface area contributed by atoms with Crippen molar-refractivity contribution in [3.8, 4) is 5.75 Å². The molecule has 0 spiro atoms. The van der Waals surface area contributed by atoms with Gasteiger partial charge in [0.25, 0.3) is 0 Å². The van der Waals surface area contributed by atoms with Crippen molar-refractivity contribution in [2.75, 3.05) is 0 Å². The van der Waals surface area contributed by atoms with Gasteiger partial charge in [-0.05, 0) is 24.6 Å². The summed E-state index contributed by atoms with van der Waals surface area (Å²) in [6.45, 7) is 3.29. The van der Waals surface area contributed by atoms with Gasteiger partial charge in [0.05, 0.1) is 16.9 Å². The molecule has 6 heteroatoms. The molecule has 0 radical (unpaired) electrons. The van der Waals surface area contributed by atoms with Gasteiger partial charge in [0.2, 0.25) is 0 Å². The average Bonchev–Trinajstić information content (AvgIpc) is 2.80. The van der Waals surface area contributed by atoms with Gasteiger partial charge >= 0.3 is 0 Å². The molecule has 32 heavy (non-hydrogen) atoms. The number of aromatic hydroxyl groups is 1. The number of phenols is 1. The number of phenolic OH excluding ortho intramolecular Hbond substituents is 1. The van der Waals surface area contributed by atoms with Gasteiger partial charge in [-0.1, -0.05) is 71.1 Å². The van der Waals surface area contributed by atoms with Crippen LogP contribution in [-0.2, 0) is 6.54 Å².